The molecule has 0 saturated carbocycles. The molecule has 2 heterocycles. The van der Waals surface area contributed by atoms with Crippen molar-refractivity contribution in [2.24, 2.45) is 5.92 Å². The van der Waals surface area contributed by atoms with E-state index in [1.807, 2.05) is 17.8 Å². The van der Waals surface area contributed by atoms with E-state index in [1.165, 1.54) is 25.3 Å². The maximum absolute atomic E-state index is 5.68. The normalized spacial score (nSPS) is 21.6. The summed E-state index contributed by atoms with van der Waals surface area (Å²) in [5.41, 5.74) is 0. The Balaban J connectivity index is 1.67. The number of hydrogen-bond acceptors (Lipinski definition) is 3. The van der Waals surface area contributed by atoms with Crippen LogP contribution in [0.25, 0.3) is 0 Å². The minimum atomic E-state index is 0.489. The van der Waals surface area contributed by atoms with Gasteiger partial charge in [-0.1, -0.05) is 0 Å². The van der Waals surface area contributed by atoms with Crippen molar-refractivity contribution in [1.82, 2.24) is 5.32 Å². The largest absolute Gasteiger partial charge is 0.449 e. The molecule has 0 amide bonds. The van der Waals surface area contributed by atoms with Gasteiger partial charge < -0.3 is 9.73 Å². The summed E-state index contributed by atoms with van der Waals surface area (Å²) in [6.45, 7) is 2.35. The van der Waals surface area contributed by atoms with Crippen LogP contribution in [0.1, 0.15) is 12.2 Å². The molecule has 1 unspecified atom stereocenters. The fourth-order valence-electron chi connectivity index (χ4n) is 1.61. The van der Waals surface area contributed by atoms with Crippen LogP contribution < -0.4 is 5.32 Å². The standard InChI is InChI=1S/C10H14ClNOS/c11-10-2-1-9(13-10)7-14-6-8-3-4-12-5-8/h1-2,8,12H,3-7H2. The third-order valence-corrected chi connectivity index (χ3v) is 3.79. The lowest BCUT2D eigenvalue weighted by molar-refractivity contribution is 0.532. The Morgan fingerprint density at radius 1 is 1.57 bits per heavy atom. The van der Waals surface area contributed by atoms with E-state index >= 15 is 0 Å². The highest BCUT2D eigenvalue weighted by molar-refractivity contribution is 7.98. The van der Waals surface area contributed by atoms with Crippen molar-refractivity contribution >= 4 is 23.4 Å². The molecule has 14 heavy (non-hydrogen) atoms. The van der Waals surface area contributed by atoms with Gasteiger partial charge in [0, 0.05) is 0 Å². The predicted octanol–water partition coefficient (Wildman–Crippen LogP) is 2.78. The van der Waals surface area contributed by atoms with E-state index in [1.54, 1.807) is 6.07 Å². The Kier molecular flexibility index (Phi) is 3.79. The van der Waals surface area contributed by atoms with Gasteiger partial charge in [-0.2, -0.15) is 11.8 Å². The van der Waals surface area contributed by atoms with E-state index in [-0.39, 0.29) is 0 Å². The van der Waals surface area contributed by atoms with Crippen molar-refractivity contribution in [3.8, 4) is 0 Å². The number of halogens is 1. The highest BCUT2D eigenvalue weighted by Crippen LogP contribution is 2.21. The van der Waals surface area contributed by atoms with E-state index in [2.05, 4.69) is 5.32 Å². The Hall–Kier alpha value is -0.120. The molecule has 0 aliphatic carbocycles. The number of thioether (sulfide) groups is 1. The van der Waals surface area contributed by atoms with Gasteiger partial charge in [0.25, 0.3) is 0 Å². The lowest BCUT2D eigenvalue weighted by atomic mass is 10.2. The molecule has 1 fully saturated rings. The molecule has 1 aromatic heterocycles. The van der Waals surface area contributed by atoms with Gasteiger partial charge in [0.15, 0.2) is 5.22 Å². The second-order valence-corrected chi connectivity index (χ2v) is 4.98. The molecule has 1 saturated heterocycles. The Bertz CT molecular complexity index is 283. The highest BCUT2D eigenvalue weighted by Gasteiger charge is 2.14. The molecule has 0 radical (unpaired) electrons. The first-order chi connectivity index (χ1) is 6.84. The van der Waals surface area contributed by atoms with E-state index in [4.69, 9.17) is 16.0 Å². The molecule has 1 aliphatic heterocycles. The van der Waals surface area contributed by atoms with Gasteiger partial charge >= 0.3 is 0 Å². The van der Waals surface area contributed by atoms with Crippen LogP contribution in [-0.2, 0) is 5.75 Å². The molecule has 2 nitrogen and oxygen atoms in total. The molecule has 4 heteroatoms. The molecule has 1 N–H and O–H groups in total. The maximum atomic E-state index is 5.68. The fraction of sp³-hybridized carbons (Fsp3) is 0.600. The van der Waals surface area contributed by atoms with Gasteiger partial charge in [-0.3, -0.25) is 0 Å². The van der Waals surface area contributed by atoms with Gasteiger partial charge in [0.1, 0.15) is 5.76 Å². The monoisotopic (exact) mass is 231 g/mol. The van der Waals surface area contributed by atoms with Crippen molar-refractivity contribution in [2.45, 2.75) is 12.2 Å². The van der Waals surface area contributed by atoms with E-state index in [0.717, 1.165) is 17.4 Å². The van der Waals surface area contributed by atoms with Crippen LogP contribution in [0.4, 0.5) is 0 Å². The van der Waals surface area contributed by atoms with Crippen LogP contribution in [-0.4, -0.2) is 18.8 Å². The summed E-state index contributed by atoms with van der Waals surface area (Å²) in [6.07, 6.45) is 1.31. The second-order valence-electron chi connectivity index (χ2n) is 3.58. The van der Waals surface area contributed by atoms with Crippen LogP contribution in [0.3, 0.4) is 0 Å². The second kappa shape index (κ2) is 5.10. The lowest BCUT2D eigenvalue weighted by Crippen LogP contribution is -2.10. The first-order valence-corrected chi connectivity index (χ1v) is 6.40. The molecule has 1 aliphatic rings. The minimum absolute atomic E-state index is 0.489. The molecular weight excluding hydrogens is 218 g/mol. The molecular formula is C10H14ClNOS. The summed E-state index contributed by atoms with van der Waals surface area (Å²) >= 11 is 7.61. The Morgan fingerprint density at radius 2 is 2.50 bits per heavy atom. The number of hydrogen-bond donors (Lipinski definition) is 1. The molecule has 1 atom stereocenters. The summed E-state index contributed by atoms with van der Waals surface area (Å²) < 4.78 is 5.28. The Morgan fingerprint density at radius 3 is 3.14 bits per heavy atom. The molecule has 0 aromatic carbocycles. The maximum Gasteiger partial charge on any atom is 0.193 e. The van der Waals surface area contributed by atoms with Crippen LogP contribution in [0.15, 0.2) is 16.5 Å². The van der Waals surface area contributed by atoms with Crippen LogP contribution in [0.5, 0.6) is 0 Å². The zero-order valence-corrected chi connectivity index (χ0v) is 9.53. The average Bonchev–Trinajstić information content (AvgIpc) is 2.77. The minimum Gasteiger partial charge on any atom is -0.449 e. The quantitative estimate of drug-likeness (QED) is 0.863. The SMILES string of the molecule is Clc1ccc(CSCC2CCNC2)o1. The van der Waals surface area contributed by atoms with Gasteiger partial charge in [-0.25, -0.2) is 0 Å². The third-order valence-electron chi connectivity index (χ3n) is 2.39. The average molecular weight is 232 g/mol. The van der Waals surface area contributed by atoms with Gasteiger partial charge in [-0.05, 0) is 54.9 Å². The van der Waals surface area contributed by atoms with E-state index < -0.39 is 0 Å². The lowest BCUT2D eigenvalue weighted by Gasteiger charge is -2.05. The van der Waals surface area contributed by atoms with Crippen LogP contribution >= 0.6 is 23.4 Å². The van der Waals surface area contributed by atoms with Gasteiger partial charge in [-0.15, -0.1) is 0 Å². The van der Waals surface area contributed by atoms with Gasteiger partial charge in [0.05, 0.1) is 5.75 Å². The molecule has 2 rings (SSSR count). The highest BCUT2D eigenvalue weighted by atomic mass is 35.5. The first kappa shape index (κ1) is 10.4. The molecule has 0 spiro atoms. The molecule has 1 aromatic rings. The zero-order valence-electron chi connectivity index (χ0n) is 7.96. The summed E-state index contributed by atoms with van der Waals surface area (Å²) in [4.78, 5) is 0. The van der Waals surface area contributed by atoms with E-state index in [0.29, 0.717) is 5.22 Å². The summed E-state index contributed by atoms with van der Waals surface area (Å²) in [6, 6.07) is 3.75. The molecule has 78 valence electrons. The van der Waals surface area contributed by atoms with E-state index in [9.17, 15) is 0 Å². The predicted molar refractivity (Wildman–Crippen MR) is 60.9 cm³/mol. The first-order valence-electron chi connectivity index (χ1n) is 4.87. The van der Waals surface area contributed by atoms with Crippen molar-refractivity contribution in [2.75, 3.05) is 18.8 Å². The summed E-state index contributed by atoms with van der Waals surface area (Å²) in [5.74, 6) is 3.96. The summed E-state index contributed by atoms with van der Waals surface area (Å²) in [7, 11) is 0. The van der Waals surface area contributed by atoms with Crippen molar-refractivity contribution in [3.63, 3.8) is 0 Å². The Labute approximate surface area is 93.4 Å². The molecule has 0 bridgehead atoms. The van der Waals surface area contributed by atoms with Crippen molar-refractivity contribution < 1.29 is 4.42 Å². The third kappa shape index (κ3) is 2.94. The number of nitrogens with one attached hydrogen (secondary N) is 1. The van der Waals surface area contributed by atoms with Crippen molar-refractivity contribution in [3.05, 3.63) is 23.1 Å². The number of furan rings is 1. The smallest absolute Gasteiger partial charge is 0.193 e. The fourth-order valence-corrected chi connectivity index (χ4v) is 2.87. The number of rotatable bonds is 4. The summed E-state index contributed by atoms with van der Waals surface area (Å²) in [5, 5.41) is 3.86. The van der Waals surface area contributed by atoms with Crippen molar-refractivity contribution in [1.29, 1.82) is 0 Å². The van der Waals surface area contributed by atoms with Crippen LogP contribution in [0.2, 0.25) is 5.22 Å². The topological polar surface area (TPSA) is 25.2 Å². The van der Waals surface area contributed by atoms with Crippen LogP contribution in [0, 0.1) is 5.92 Å². The van der Waals surface area contributed by atoms with Gasteiger partial charge in [0.2, 0.25) is 0 Å². The zero-order chi connectivity index (χ0) is 9.80.